The Bertz CT molecular complexity index is 723. The molecule has 0 fully saturated rings. The van der Waals surface area contributed by atoms with Crippen molar-refractivity contribution in [2.45, 2.75) is 19.9 Å². The molecule has 3 aromatic carbocycles. The largest absolute Gasteiger partial charge is 0.494 e. The summed E-state index contributed by atoms with van der Waals surface area (Å²) in [4.78, 5) is 2.32. The standard InChI is InChI=1S/C22H23NO/c1-2-17-24-22-15-13-21(14-16-22)23(20-11-7-4-8-12-20)18-19-9-5-3-6-10-19/h3-16H,2,17-18H2,1H3. The second-order valence-electron chi connectivity index (χ2n) is 5.75. The van der Waals surface area contributed by atoms with E-state index in [1.807, 2.05) is 18.2 Å². The van der Waals surface area contributed by atoms with Crippen LogP contribution in [-0.4, -0.2) is 6.61 Å². The first-order valence-corrected chi connectivity index (χ1v) is 8.46. The maximum absolute atomic E-state index is 5.70. The Hall–Kier alpha value is -2.74. The van der Waals surface area contributed by atoms with Crippen LogP contribution in [0.1, 0.15) is 18.9 Å². The van der Waals surface area contributed by atoms with Gasteiger partial charge in [0.25, 0.3) is 0 Å². The van der Waals surface area contributed by atoms with Crippen LogP contribution in [0.2, 0.25) is 0 Å². The zero-order chi connectivity index (χ0) is 16.6. The molecule has 122 valence electrons. The monoisotopic (exact) mass is 317 g/mol. The summed E-state index contributed by atoms with van der Waals surface area (Å²) in [6, 6.07) is 29.4. The Balaban J connectivity index is 1.87. The van der Waals surface area contributed by atoms with Gasteiger partial charge in [0.05, 0.1) is 6.61 Å². The van der Waals surface area contributed by atoms with Gasteiger partial charge in [-0.2, -0.15) is 0 Å². The fourth-order valence-electron chi connectivity index (χ4n) is 2.65. The number of ether oxygens (including phenoxy) is 1. The molecule has 0 aliphatic heterocycles. The minimum absolute atomic E-state index is 0.756. The third-order valence-electron chi connectivity index (χ3n) is 3.87. The normalized spacial score (nSPS) is 10.4. The topological polar surface area (TPSA) is 12.5 Å². The van der Waals surface area contributed by atoms with E-state index in [0.29, 0.717) is 0 Å². The molecule has 0 N–H and O–H groups in total. The number of hydrogen-bond acceptors (Lipinski definition) is 2. The number of rotatable bonds is 7. The Morgan fingerprint density at radius 1 is 0.708 bits per heavy atom. The zero-order valence-electron chi connectivity index (χ0n) is 14.1. The van der Waals surface area contributed by atoms with Crippen molar-refractivity contribution in [2.24, 2.45) is 0 Å². The van der Waals surface area contributed by atoms with Crippen molar-refractivity contribution in [1.82, 2.24) is 0 Å². The molecule has 0 bridgehead atoms. The van der Waals surface area contributed by atoms with Crippen molar-refractivity contribution in [3.05, 3.63) is 90.5 Å². The van der Waals surface area contributed by atoms with E-state index in [1.54, 1.807) is 0 Å². The molecular formula is C22H23NO. The molecule has 2 heteroatoms. The van der Waals surface area contributed by atoms with E-state index in [0.717, 1.165) is 31.0 Å². The Morgan fingerprint density at radius 3 is 1.92 bits per heavy atom. The highest BCUT2D eigenvalue weighted by molar-refractivity contribution is 5.64. The van der Waals surface area contributed by atoms with Gasteiger partial charge in [-0.3, -0.25) is 0 Å². The molecule has 0 aliphatic rings. The lowest BCUT2D eigenvalue weighted by Crippen LogP contribution is -2.16. The van der Waals surface area contributed by atoms with Crippen LogP contribution in [0.15, 0.2) is 84.9 Å². The lowest BCUT2D eigenvalue weighted by molar-refractivity contribution is 0.317. The van der Waals surface area contributed by atoms with Crippen molar-refractivity contribution >= 4 is 11.4 Å². The molecule has 0 aromatic heterocycles. The summed E-state index contributed by atoms with van der Waals surface area (Å²) in [6.07, 6.45) is 1.02. The molecule has 0 radical (unpaired) electrons. The van der Waals surface area contributed by atoms with Gasteiger partial charge in [0.15, 0.2) is 0 Å². The van der Waals surface area contributed by atoms with E-state index in [2.05, 4.69) is 78.6 Å². The van der Waals surface area contributed by atoms with Crippen LogP contribution in [0.5, 0.6) is 5.75 Å². The molecule has 0 atom stereocenters. The Morgan fingerprint density at radius 2 is 1.29 bits per heavy atom. The fourth-order valence-corrected chi connectivity index (χ4v) is 2.65. The fraction of sp³-hybridized carbons (Fsp3) is 0.182. The number of anilines is 2. The highest BCUT2D eigenvalue weighted by Crippen LogP contribution is 2.29. The van der Waals surface area contributed by atoms with E-state index in [-0.39, 0.29) is 0 Å². The van der Waals surface area contributed by atoms with E-state index in [4.69, 9.17) is 4.74 Å². The predicted molar refractivity (Wildman–Crippen MR) is 101 cm³/mol. The molecule has 0 saturated carbocycles. The second kappa shape index (κ2) is 8.21. The minimum atomic E-state index is 0.756. The Labute approximate surface area is 144 Å². The van der Waals surface area contributed by atoms with Gasteiger partial charge >= 0.3 is 0 Å². The quantitative estimate of drug-likeness (QED) is 0.545. The Kier molecular flexibility index (Phi) is 5.52. The number of hydrogen-bond donors (Lipinski definition) is 0. The first-order valence-electron chi connectivity index (χ1n) is 8.46. The van der Waals surface area contributed by atoms with Gasteiger partial charge in [-0.1, -0.05) is 55.5 Å². The van der Waals surface area contributed by atoms with Gasteiger partial charge in [0, 0.05) is 17.9 Å². The minimum Gasteiger partial charge on any atom is -0.494 e. The highest BCUT2D eigenvalue weighted by atomic mass is 16.5. The predicted octanol–water partition coefficient (Wildman–Crippen LogP) is 5.81. The summed E-state index contributed by atoms with van der Waals surface area (Å²) >= 11 is 0. The average Bonchev–Trinajstić information content (AvgIpc) is 2.66. The summed E-state index contributed by atoms with van der Waals surface area (Å²) in [6.45, 7) is 3.71. The SMILES string of the molecule is CCCOc1ccc(N(Cc2ccccc2)c2ccccc2)cc1. The highest BCUT2D eigenvalue weighted by Gasteiger charge is 2.10. The summed E-state index contributed by atoms with van der Waals surface area (Å²) in [5.74, 6) is 0.924. The number of benzene rings is 3. The van der Waals surface area contributed by atoms with Crippen LogP contribution in [0.25, 0.3) is 0 Å². The molecule has 0 spiro atoms. The molecule has 0 amide bonds. The summed E-state index contributed by atoms with van der Waals surface area (Å²) < 4.78 is 5.70. The van der Waals surface area contributed by atoms with Crippen molar-refractivity contribution in [2.75, 3.05) is 11.5 Å². The van der Waals surface area contributed by atoms with Gasteiger partial charge in [0.1, 0.15) is 5.75 Å². The van der Waals surface area contributed by atoms with Crippen molar-refractivity contribution in [3.63, 3.8) is 0 Å². The zero-order valence-corrected chi connectivity index (χ0v) is 14.1. The third-order valence-corrected chi connectivity index (χ3v) is 3.87. The summed E-state index contributed by atoms with van der Waals surface area (Å²) in [5, 5.41) is 0. The van der Waals surface area contributed by atoms with Crippen LogP contribution >= 0.6 is 0 Å². The molecule has 0 heterocycles. The second-order valence-corrected chi connectivity index (χ2v) is 5.75. The number of para-hydroxylation sites is 1. The van der Waals surface area contributed by atoms with Crippen LogP contribution in [-0.2, 0) is 6.54 Å². The smallest absolute Gasteiger partial charge is 0.119 e. The van der Waals surface area contributed by atoms with Crippen LogP contribution in [0, 0.1) is 0 Å². The summed E-state index contributed by atoms with van der Waals surface area (Å²) in [5.41, 5.74) is 3.63. The molecule has 3 aromatic rings. The number of nitrogens with zero attached hydrogens (tertiary/aromatic N) is 1. The lowest BCUT2D eigenvalue weighted by Gasteiger charge is -2.25. The van der Waals surface area contributed by atoms with Crippen molar-refractivity contribution in [3.8, 4) is 5.75 Å². The average molecular weight is 317 g/mol. The van der Waals surface area contributed by atoms with Crippen LogP contribution in [0.4, 0.5) is 11.4 Å². The van der Waals surface area contributed by atoms with E-state index in [1.165, 1.54) is 11.3 Å². The van der Waals surface area contributed by atoms with E-state index >= 15 is 0 Å². The van der Waals surface area contributed by atoms with Gasteiger partial charge in [-0.15, -0.1) is 0 Å². The summed E-state index contributed by atoms with van der Waals surface area (Å²) in [7, 11) is 0. The maximum Gasteiger partial charge on any atom is 0.119 e. The molecule has 0 aliphatic carbocycles. The van der Waals surface area contributed by atoms with Gasteiger partial charge < -0.3 is 9.64 Å². The molecule has 2 nitrogen and oxygen atoms in total. The van der Waals surface area contributed by atoms with Crippen LogP contribution in [0.3, 0.4) is 0 Å². The molecule has 0 saturated heterocycles. The van der Waals surface area contributed by atoms with E-state index in [9.17, 15) is 0 Å². The molecular weight excluding hydrogens is 294 g/mol. The van der Waals surface area contributed by atoms with Gasteiger partial charge in [-0.05, 0) is 48.4 Å². The first-order chi connectivity index (χ1) is 11.9. The first kappa shape index (κ1) is 16.1. The van der Waals surface area contributed by atoms with Crippen molar-refractivity contribution in [1.29, 1.82) is 0 Å². The third kappa shape index (κ3) is 4.17. The van der Waals surface area contributed by atoms with E-state index < -0.39 is 0 Å². The molecule has 24 heavy (non-hydrogen) atoms. The van der Waals surface area contributed by atoms with Crippen LogP contribution < -0.4 is 9.64 Å². The maximum atomic E-state index is 5.70. The van der Waals surface area contributed by atoms with Gasteiger partial charge in [-0.25, -0.2) is 0 Å². The van der Waals surface area contributed by atoms with Gasteiger partial charge in [0.2, 0.25) is 0 Å². The lowest BCUT2D eigenvalue weighted by atomic mass is 10.1. The van der Waals surface area contributed by atoms with Crippen molar-refractivity contribution < 1.29 is 4.74 Å². The molecule has 3 rings (SSSR count). The molecule has 0 unspecified atom stereocenters.